The van der Waals surface area contributed by atoms with Gasteiger partial charge in [-0.05, 0) is 67.3 Å². The summed E-state index contributed by atoms with van der Waals surface area (Å²) in [5.41, 5.74) is 4.87. The summed E-state index contributed by atoms with van der Waals surface area (Å²) in [6.45, 7) is 4.22. The topological polar surface area (TPSA) is 107 Å². The predicted molar refractivity (Wildman–Crippen MR) is 149 cm³/mol. The molecule has 0 bridgehead atoms. The van der Waals surface area contributed by atoms with Gasteiger partial charge >= 0.3 is 0 Å². The number of nitrogens with one attached hydrogen (secondary N) is 2. The summed E-state index contributed by atoms with van der Waals surface area (Å²) in [5.74, 6) is 7.61. The fraction of sp³-hybridized carbons (Fsp3) is 0.333. The standard InChI is InChI=1S/C30H32N6O2/c1-4-24(11-14-37)36(3)29(38)28-18-22-16-23(7-8-25(22)34-28)33-30-32-13-10-26(35-30)27-17-21(9-12-31-27)20-6-5-19(2)15-20/h7-10,12-13,16-20,24,34,37H,4,11,14-15H2,1-3H3,(H,32,33,35). The molecule has 3 unspecified atom stereocenters. The minimum Gasteiger partial charge on any atom is -0.396 e. The van der Waals surface area contributed by atoms with E-state index in [1.54, 1.807) is 18.1 Å². The Labute approximate surface area is 222 Å². The first kappa shape index (κ1) is 25.4. The zero-order chi connectivity index (χ0) is 26.6. The number of nitrogens with zero attached hydrogens (tertiary/aromatic N) is 4. The van der Waals surface area contributed by atoms with E-state index in [4.69, 9.17) is 4.98 Å². The van der Waals surface area contributed by atoms with Gasteiger partial charge in [0.05, 0.1) is 11.4 Å². The van der Waals surface area contributed by atoms with E-state index in [1.165, 1.54) is 0 Å². The van der Waals surface area contributed by atoms with E-state index in [9.17, 15) is 9.90 Å². The van der Waals surface area contributed by atoms with Crippen LogP contribution in [0, 0.1) is 17.8 Å². The molecule has 0 saturated carbocycles. The lowest BCUT2D eigenvalue weighted by atomic mass is 9.96. The second kappa shape index (κ2) is 11.0. The van der Waals surface area contributed by atoms with Gasteiger partial charge in [-0.3, -0.25) is 9.78 Å². The molecule has 0 aliphatic heterocycles. The third-order valence-corrected chi connectivity index (χ3v) is 7.11. The smallest absolute Gasteiger partial charge is 0.270 e. The van der Waals surface area contributed by atoms with Crippen molar-refractivity contribution in [2.45, 2.75) is 45.1 Å². The van der Waals surface area contributed by atoms with Crippen LogP contribution in [0.15, 0.2) is 54.9 Å². The van der Waals surface area contributed by atoms with E-state index in [1.807, 2.05) is 49.5 Å². The number of carbonyl (C=O) groups is 1. The van der Waals surface area contributed by atoms with Crippen molar-refractivity contribution in [3.63, 3.8) is 0 Å². The third-order valence-electron chi connectivity index (χ3n) is 7.11. The van der Waals surface area contributed by atoms with E-state index < -0.39 is 0 Å². The van der Waals surface area contributed by atoms with E-state index >= 15 is 0 Å². The molecule has 0 saturated heterocycles. The average Bonchev–Trinajstić information content (AvgIpc) is 3.57. The SMILES string of the molecule is CCC(CCO)N(C)C(=O)c1cc2cc(Nc3nccc(-c4cc(C5C#CC(C)C5)ccn4)n3)ccc2[nH]1. The first-order valence-electron chi connectivity index (χ1n) is 13.0. The molecular formula is C30H32N6O2. The molecule has 0 radical (unpaired) electrons. The largest absolute Gasteiger partial charge is 0.396 e. The van der Waals surface area contributed by atoms with Crippen LogP contribution in [-0.4, -0.2) is 55.5 Å². The van der Waals surface area contributed by atoms with Crippen LogP contribution >= 0.6 is 0 Å². The molecule has 3 heterocycles. The van der Waals surface area contributed by atoms with Gasteiger partial charge in [-0.15, -0.1) is 0 Å². The molecule has 4 aromatic rings. The van der Waals surface area contributed by atoms with Gasteiger partial charge < -0.3 is 20.3 Å². The lowest BCUT2D eigenvalue weighted by Crippen LogP contribution is -2.37. The molecule has 3 N–H and O–H groups in total. The Morgan fingerprint density at radius 2 is 2.00 bits per heavy atom. The molecule has 0 spiro atoms. The predicted octanol–water partition coefficient (Wildman–Crippen LogP) is 5.12. The van der Waals surface area contributed by atoms with Gasteiger partial charge in [-0.1, -0.05) is 25.7 Å². The third kappa shape index (κ3) is 5.38. The van der Waals surface area contributed by atoms with Gasteiger partial charge in [0, 0.05) is 60.5 Å². The highest BCUT2D eigenvalue weighted by Crippen LogP contribution is 2.29. The van der Waals surface area contributed by atoms with Crippen LogP contribution in [0.2, 0.25) is 0 Å². The quantitative estimate of drug-likeness (QED) is 0.271. The number of H-pyrrole nitrogens is 1. The number of aromatic amines is 1. The van der Waals surface area contributed by atoms with Crippen molar-refractivity contribution >= 4 is 28.4 Å². The number of aliphatic hydroxyl groups is 1. The summed E-state index contributed by atoms with van der Waals surface area (Å²) in [4.78, 5) is 31.6. The molecule has 3 atom stereocenters. The zero-order valence-electron chi connectivity index (χ0n) is 21.9. The Morgan fingerprint density at radius 1 is 1.16 bits per heavy atom. The van der Waals surface area contributed by atoms with E-state index in [2.05, 4.69) is 45.1 Å². The van der Waals surface area contributed by atoms with Crippen LogP contribution in [0.4, 0.5) is 11.6 Å². The lowest BCUT2D eigenvalue weighted by Gasteiger charge is -2.26. The van der Waals surface area contributed by atoms with Crippen molar-refractivity contribution < 1.29 is 9.90 Å². The second-order valence-electron chi connectivity index (χ2n) is 9.82. The van der Waals surface area contributed by atoms with Crippen molar-refractivity contribution in [3.05, 3.63) is 66.1 Å². The van der Waals surface area contributed by atoms with Gasteiger partial charge in [0.15, 0.2) is 0 Å². The molecule has 8 nitrogen and oxygen atoms in total. The van der Waals surface area contributed by atoms with Gasteiger partial charge in [0.25, 0.3) is 5.91 Å². The number of aliphatic hydroxyl groups excluding tert-OH is 1. The first-order chi connectivity index (χ1) is 18.4. The minimum atomic E-state index is -0.0974. The van der Waals surface area contributed by atoms with Crippen molar-refractivity contribution in [1.82, 2.24) is 24.8 Å². The maximum Gasteiger partial charge on any atom is 0.270 e. The number of aromatic nitrogens is 4. The van der Waals surface area contributed by atoms with Crippen molar-refractivity contribution in [3.8, 4) is 23.2 Å². The van der Waals surface area contributed by atoms with E-state index in [0.29, 0.717) is 24.0 Å². The summed E-state index contributed by atoms with van der Waals surface area (Å²) in [7, 11) is 1.78. The van der Waals surface area contributed by atoms with E-state index in [-0.39, 0.29) is 24.5 Å². The fourth-order valence-corrected chi connectivity index (χ4v) is 4.93. The summed E-state index contributed by atoms with van der Waals surface area (Å²) >= 11 is 0. The Morgan fingerprint density at radius 3 is 2.76 bits per heavy atom. The number of anilines is 2. The van der Waals surface area contributed by atoms with Crippen molar-refractivity contribution in [2.24, 2.45) is 5.92 Å². The molecule has 0 fully saturated rings. The normalized spacial score (nSPS) is 17.2. The summed E-state index contributed by atoms with van der Waals surface area (Å²) in [5, 5.41) is 13.5. The lowest BCUT2D eigenvalue weighted by molar-refractivity contribution is 0.0697. The molecule has 194 valence electrons. The number of amides is 1. The second-order valence-corrected chi connectivity index (χ2v) is 9.82. The van der Waals surface area contributed by atoms with Crippen molar-refractivity contribution in [2.75, 3.05) is 19.0 Å². The fourth-order valence-electron chi connectivity index (χ4n) is 4.93. The molecule has 3 aromatic heterocycles. The number of pyridine rings is 1. The number of hydrogen-bond donors (Lipinski definition) is 3. The van der Waals surface area contributed by atoms with Crippen LogP contribution in [0.1, 0.15) is 55.1 Å². The summed E-state index contributed by atoms with van der Waals surface area (Å²) in [6.07, 6.45) is 5.87. The number of fused-ring (bicyclic) bond motifs is 1. The maximum atomic E-state index is 13.0. The van der Waals surface area contributed by atoms with Gasteiger partial charge in [0.2, 0.25) is 5.95 Å². The monoisotopic (exact) mass is 508 g/mol. The Hall–Kier alpha value is -4.22. The molecule has 5 rings (SSSR count). The maximum absolute atomic E-state index is 13.0. The van der Waals surface area contributed by atoms with Crippen LogP contribution in [0.3, 0.4) is 0 Å². The minimum absolute atomic E-state index is 0.00889. The summed E-state index contributed by atoms with van der Waals surface area (Å²) in [6, 6.07) is 13.6. The summed E-state index contributed by atoms with van der Waals surface area (Å²) < 4.78 is 0. The molecule has 1 aromatic carbocycles. The van der Waals surface area contributed by atoms with Gasteiger partial charge in [-0.25, -0.2) is 9.97 Å². The Bertz CT molecular complexity index is 1520. The van der Waals surface area contributed by atoms with Gasteiger partial charge in [-0.2, -0.15) is 0 Å². The molecular weight excluding hydrogens is 476 g/mol. The molecule has 38 heavy (non-hydrogen) atoms. The molecule has 1 amide bonds. The Balaban J connectivity index is 1.34. The van der Waals surface area contributed by atoms with Crippen molar-refractivity contribution in [1.29, 1.82) is 0 Å². The number of hydrogen-bond acceptors (Lipinski definition) is 6. The number of rotatable bonds is 9. The average molecular weight is 509 g/mol. The van der Waals surface area contributed by atoms with Crippen LogP contribution in [0.5, 0.6) is 0 Å². The molecule has 8 heteroatoms. The van der Waals surface area contributed by atoms with E-state index in [0.717, 1.165) is 46.4 Å². The first-order valence-corrected chi connectivity index (χ1v) is 13.0. The highest BCUT2D eigenvalue weighted by molar-refractivity contribution is 5.98. The van der Waals surface area contributed by atoms with Crippen LogP contribution in [-0.2, 0) is 0 Å². The van der Waals surface area contributed by atoms with Crippen LogP contribution < -0.4 is 5.32 Å². The number of carbonyl (C=O) groups excluding carboxylic acids is 1. The zero-order valence-corrected chi connectivity index (χ0v) is 21.9. The van der Waals surface area contributed by atoms with Crippen LogP contribution in [0.25, 0.3) is 22.3 Å². The molecule has 1 aliphatic rings. The highest BCUT2D eigenvalue weighted by atomic mass is 16.3. The Kier molecular flexibility index (Phi) is 7.38. The number of benzene rings is 1. The highest BCUT2D eigenvalue weighted by Gasteiger charge is 2.21. The van der Waals surface area contributed by atoms with Gasteiger partial charge in [0.1, 0.15) is 5.69 Å². The molecule has 1 aliphatic carbocycles.